The SMILES string of the molecule is C1CCOCC1.COc1cc2c(cc1Nc1ncc3cnn(C)c3n1)CN(C)CC2. The molecule has 1 aromatic carbocycles. The molecule has 2 aliphatic rings. The van der Waals surface area contributed by atoms with E-state index in [0.29, 0.717) is 5.95 Å². The van der Waals surface area contributed by atoms with Crippen LogP contribution < -0.4 is 10.1 Å². The van der Waals surface area contributed by atoms with Gasteiger partial charge in [-0.2, -0.15) is 10.1 Å². The molecule has 0 aliphatic carbocycles. The second-order valence-electron chi connectivity index (χ2n) is 7.85. The molecular weight excluding hydrogens is 380 g/mol. The number of aryl methyl sites for hydroxylation is 1. The van der Waals surface area contributed by atoms with Gasteiger partial charge in [0.15, 0.2) is 5.65 Å². The average molecular weight is 411 g/mol. The topological polar surface area (TPSA) is 77.3 Å². The van der Waals surface area contributed by atoms with Crippen LogP contribution in [0.4, 0.5) is 11.6 Å². The van der Waals surface area contributed by atoms with Crippen LogP contribution in [0.5, 0.6) is 5.75 Å². The Hall–Kier alpha value is -2.71. The Labute approximate surface area is 177 Å². The number of likely N-dealkylation sites (N-methyl/N-ethyl adjacent to an activating group) is 1. The molecule has 0 atom stereocenters. The van der Waals surface area contributed by atoms with Crippen molar-refractivity contribution in [2.75, 3.05) is 39.2 Å². The molecule has 0 spiro atoms. The normalized spacial score (nSPS) is 16.5. The van der Waals surface area contributed by atoms with Gasteiger partial charge in [0.2, 0.25) is 5.95 Å². The third-order valence-electron chi connectivity index (χ3n) is 5.52. The van der Waals surface area contributed by atoms with Gasteiger partial charge in [-0.1, -0.05) is 0 Å². The summed E-state index contributed by atoms with van der Waals surface area (Å²) in [6.07, 6.45) is 8.50. The molecule has 2 aliphatic heterocycles. The minimum Gasteiger partial charge on any atom is -0.495 e. The second-order valence-corrected chi connectivity index (χ2v) is 7.85. The number of hydrogen-bond acceptors (Lipinski definition) is 7. The maximum atomic E-state index is 5.56. The summed E-state index contributed by atoms with van der Waals surface area (Å²) in [6.45, 7) is 4.01. The number of rotatable bonds is 3. The molecule has 160 valence electrons. The Morgan fingerprint density at radius 2 is 1.90 bits per heavy atom. The molecule has 0 radical (unpaired) electrons. The molecule has 30 heavy (non-hydrogen) atoms. The highest BCUT2D eigenvalue weighted by atomic mass is 16.5. The number of nitrogens with zero attached hydrogens (tertiary/aromatic N) is 5. The summed E-state index contributed by atoms with van der Waals surface area (Å²) in [5.74, 6) is 1.35. The van der Waals surface area contributed by atoms with Crippen molar-refractivity contribution in [1.29, 1.82) is 0 Å². The van der Waals surface area contributed by atoms with E-state index in [1.54, 1.807) is 24.2 Å². The third kappa shape index (κ3) is 4.71. The lowest BCUT2D eigenvalue weighted by atomic mass is 9.99. The molecule has 0 bridgehead atoms. The maximum Gasteiger partial charge on any atom is 0.229 e. The van der Waals surface area contributed by atoms with E-state index in [9.17, 15) is 0 Å². The van der Waals surface area contributed by atoms with E-state index < -0.39 is 0 Å². The van der Waals surface area contributed by atoms with E-state index in [0.717, 1.165) is 55.2 Å². The lowest BCUT2D eigenvalue weighted by Gasteiger charge is -2.26. The van der Waals surface area contributed by atoms with Gasteiger partial charge in [-0.3, -0.25) is 4.68 Å². The van der Waals surface area contributed by atoms with Gasteiger partial charge in [-0.15, -0.1) is 0 Å². The first-order valence-electron chi connectivity index (χ1n) is 10.5. The van der Waals surface area contributed by atoms with E-state index in [2.05, 4.69) is 44.5 Å². The van der Waals surface area contributed by atoms with Crippen molar-refractivity contribution in [3.8, 4) is 5.75 Å². The van der Waals surface area contributed by atoms with Gasteiger partial charge >= 0.3 is 0 Å². The molecule has 3 aromatic rings. The predicted molar refractivity (Wildman–Crippen MR) is 117 cm³/mol. The van der Waals surface area contributed by atoms with Crippen LogP contribution in [0.25, 0.3) is 11.0 Å². The minimum atomic E-state index is 0.536. The maximum absolute atomic E-state index is 5.56. The number of nitrogens with one attached hydrogen (secondary N) is 1. The Kier molecular flexibility index (Phi) is 6.44. The van der Waals surface area contributed by atoms with Crippen LogP contribution in [0.2, 0.25) is 0 Å². The molecule has 4 heterocycles. The zero-order chi connectivity index (χ0) is 20.9. The molecule has 8 nitrogen and oxygen atoms in total. The monoisotopic (exact) mass is 410 g/mol. The fraction of sp³-hybridized carbons (Fsp3) is 0.500. The quantitative estimate of drug-likeness (QED) is 0.710. The van der Waals surface area contributed by atoms with Crippen LogP contribution in [0.15, 0.2) is 24.5 Å². The number of fused-ring (bicyclic) bond motifs is 2. The number of methoxy groups -OCH3 is 1. The van der Waals surface area contributed by atoms with Gasteiger partial charge in [0.1, 0.15) is 5.75 Å². The Morgan fingerprint density at radius 1 is 1.07 bits per heavy atom. The van der Waals surface area contributed by atoms with Gasteiger partial charge in [0.05, 0.1) is 24.4 Å². The molecule has 2 aromatic heterocycles. The Balaban J connectivity index is 0.000000313. The fourth-order valence-corrected chi connectivity index (χ4v) is 3.80. The first-order chi connectivity index (χ1) is 14.6. The highest BCUT2D eigenvalue weighted by Crippen LogP contribution is 2.33. The van der Waals surface area contributed by atoms with Crippen LogP contribution in [-0.2, 0) is 24.8 Å². The van der Waals surface area contributed by atoms with Gasteiger partial charge in [0.25, 0.3) is 0 Å². The standard InChI is InChI=1S/C17H20N6O.C5H10O/c1-22-5-4-11-7-15(24-3)14(6-12(11)10-22)20-17-18-8-13-9-19-23(2)16(13)21-17;1-2-4-6-5-3-1/h6-9H,4-5,10H2,1-3H3,(H,18,20,21);1-5H2. The summed E-state index contributed by atoms with van der Waals surface area (Å²) in [4.78, 5) is 11.2. The molecule has 8 heteroatoms. The van der Waals surface area contributed by atoms with Crippen LogP contribution in [-0.4, -0.2) is 58.6 Å². The van der Waals surface area contributed by atoms with Crippen molar-refractivity contribution in [2.45, 2.75) is 32.2 Å². The van der Waals surface area contributed by atoms with Crippen LogP contribution in [0, 0.1) is 0 Å². The van der Waals surface area contributed by atoms with Crippen molar-refractivity contribution >= 4 is 22.7 Å². The summed E-state index contributed by atoms with van der Waals surface area (Å²) < 4.78 is 12.4. The van der Waals surface area contributed by atoms with E-state index in [1.165, 1.54) is 30.4 Å². The van der Waals surface area contributed by atoms with E-state index in [-0.39, 0.29) is 0 Å². The summed E-state index contributed by atoms with van der Waals surface area (Å²) in [7, 11) is 5.70. The molecule has 1 fully saturated rings. The van der Waals surface area contributed by atoms with Gasteiger partial charge in [-0.05, 0) is 56.0 Å². The van der Waals surface area contributed by atoms with Crippen molar-refractivity contribution in [1.82, 2.24) is 24.6 Å². The summed E-state index contributed by atoms with van der Waals surface area (Å²) in [6, 6.07) is 4.26. The minimum absolute atomic E-state index is 0.536. The number of benzene rings is 1. The van der Waals surface area contributed by atoms with Crippen LogP contribution in [0.3, 0.4) is 0 Å². The van der Waals surface area contributed by atoms with Crippen LogP contribution in [0.1, 0.15) is 30.4 Å². The van der Waals surface area contributed by atoms with Crippen LogP contribution >= 0.6 is 0 Å². The zero-order valence-electron chi connectivity index (χ0n) is 18.0. The van der Waals surface area contributed by atoms with E-state index in [4.69, 9.17) is 9.47 Å². The van der Waals surface area contributed by atoms with Gasteiger partial charge < -0.3 is 19.7 Å². The Morgan fingerprint density at radius 3 is 2.60 bits per heavy atom. The molecule has 1 saturated heterocycles. The highest BCUT2D eigenvalue weighted by Gasteiger charge is 2.17. The van der Waals surface area contributed by atoms with Gasteiger partial charge in [-0.25, -0.2) is 4.98 Å². The van der Waals surface area contributed by atoms with E-state index >= 15 is 0 Å². The van der Waals surface area contributed by atoms with Crippen molar-refractivity contribution in [3.05, 3.63) is 35.7 Å². The molecular formula is C22H30N6O2. The van der Waals surface area contributed by atoms with Crippen molar-refractivity contribution in [3.63, 3.8) is 0 Å². The number of hydrogen-bond donors (Lipinski definition) is 1. The first-order valence-corrected chi connectivity index (χ1v) is 10.5. The second kappa shape index (κ2) is 9.40. The molecule has 0 amide bonds. The first kappa shape index (κ1) is 20.6. The van der Waals surface area contributed by atoms with Crippen molar-refractivity contribution < 1.29 is 9.47 Å². The van der Waals surface area contributed by atoms with E-state index in [1.807, 2.05) is 7.05 Å². The predicted octanol–water partition coefficient (Wildman–Crippen LogP) is 3.29. The number of ether oxygens (including phenoxy) is 2. The van der Waals surface area contributed by atoms with Crippen molar-refractivity contribution in [2.24, 2.45) is 7.05 Å². The summed E-state index contributed by atoms with van der Waals surface area (Å²) >= 11 is 0. The zero-order valence-corrected chi connectivity index (χ0v) is 18.0. The molecule has 5 rings (SSSR count). The Bertz CT molecular complexity index is 987. The summed E-state index contributed by atoms with van der Waals surface area (Å²) in [5.41, 5.74) is 4.34. The molecule has 0 unspecified atom stereocenters. The third-order valence-corrected chi connectivity index (χ3v) is 5.52. The largest absolute Gasteiger partial charge is 0.495 e. The molecule has 1 N–H and O–H groups in total. The number of aromatic nitrogens is 4. The molecule has 0 saturated carbocycles. The average Bonchev–Trinajstić information content (AvgIpc) is 3.15. The van der Waals surface area contributed by atoms with Gasteiger partial charge in [0, 0.05) is 39.5 Å². The smallest absolute Gasteiger partial charge is 0.229 e. The lowest BCUT2D eigenvalue weighted by molar-refractivity contribution is 0.0968. The summed E-state index contributed by atoms with van der Waals surface area (Å²) in [5, 5.41) is 8.41. The highest BCUT2D eigenvalue weighted by molar-refractivity contribution is 5.75. The number of anilines is 2. The lowest BCUT2D eigenvalue weighted by Crippen LogP contribution is -2.26. The fourth-order valence-electron chi connectivity index (χ4n) is 3.80.